The molecule has 7 heteroatoms. The van der Waals surface area contributed by atoms with Crippen LogP contribution in [0.1, 0.15) is 32.3 Å². The largest absolute Gasteiger partial charge is 0.377 e. The lowest BCUT2D eigenvalue weighted by molar-refractivity contribution is -0.422. The molecule has 1 aromatic carbocycles. The number of benzene rings is 1. The summed E-state index contributed by atoms with van der Waals surface area (Å²) < 4.78 is 0. The first kappa shape index (κ1) is 16.6. The Labute approximate surface area is 123 Å². The third-order valence-corrected chi connectivity index (χ3v) is 2.91. The number of rotatable bonds is 8. The quantitative estimate of drug-likeness (QED) is 0.539. The second-order valence-corrected chi connectivity index (χ2v) is 4.58. The van der Waals surface area contributed by atoms with Gasteiger partial charge in [-0.2, -0.15) is 0 Å². The molecule has 0 aliphatic heterocycles. The van der Waals surface area contributed by atoms with Gasteiger partial charge in [0.1, 0.15) is 0 Å². The Kier molecular flexibility index (Phi) is 6.32. The van der Waals surface area contributed by atoms with Gasteiger partial charge in [0.2, 0.25) is 0 Å². The summed E-state index contributed by atoms with van der Waals surface area (Å²) in [5.41, 5.74) is -0.710. The molecule has 0 atom stereocenters. The molecule has 0 radical (unpaired) electrons. The fourth-order valence-corrected chi connectivity index (χ4v) is 2.05. The molecule has 0 saturated heterocycles. The average molecular weight is 293 g/mol. The Morgan fingerprint density at radius 3 is 2.19 bits per heavy atom. The standard InChI is InChI=1S/C14H19N3O4/c1-3-9-15(10-4-2)11-8-12-6-5-7-13(16(18)19)14(12)17(20)21/h5-8,11H,3-4,9-10H2,1-2H3/b11-8+. The van der Waals surface area contributed by atoms with Crippen LogP contribution >= 0.6 is 0 Å². The van der Waals surface area contributed by atoms with Crippen molar-refractivity contribution >= 4 is 17.5 Å². The SMILES string of the molecule is CCCN(/C=C/c1cccc([N+](=O)[O-])c1[N+](=O)[O-])CCC. The highest BCUT2D eigenvalue weighted by Crippen LogP contribution is 2.31. The molecule has 0 saturated carbocycles. The fourth-order valence-electron chi connectivity index (χ4n) is 2.05. The minimum Gasteiger partial charge on any atom is -0.377 e. The van der Waals surface area contributed by atoms with Crippen molar-refractivity contribution in [3.05, 3.63) is 50.2 Å². The van der Waals surface area contributed by atoms with Gasteiger partial charge in [-0.25, -0.2) is 0 Å². The molecule has 0 spiro atoms. The van der Waals surface area contributed by atoms with Crippen LogP contribution in [0.25, 0.3) is 6.08 Å². The van der Waals surface area contributed by atoms with Crippen molar-refractivity contribution in [3.8, 4) is 0 Å². The highest BCUT2D eigenvalue weighted by molar-refractivity contribution is 5.69. The predicted molar refractivity (Wildman–Crippen MR) is 80.9 cm³/mol. The lowest BCUT2D eigenvalue weighted by Gasteiger charge is -2.18. The van der Waals surface area contributed by atoms with Gasteiger partial charge < -0.3 is 4.90 Å². The molecule has 0 bridgehead atoms. The lowest BCUT2D eigenvalue weighted by Crippen LogP contribution is -2.18. The molecule has 21 heavy (non-hydrogen) atoms. The molecular weight excluding hydrogens is 274 g/mol. The minimum atomic E-state index is -0.731. The van der Waals surface area contributed by atoms with E-state index in [0.29, 0.717) is 0 Å². The van der Waals surface area contributed by atoms with Crippen LogP contribution in [0.3, 0.4) is 0 Å². The number of nitrogens with zero attached hydrogens (tertiary/aromatic N) is 3. The third kappa shape index (κ3) is 4.55. The van der Waals surface area contributed by atoms with Gasteiger partial charge in [0.15, 0.2) is 0 Å². The first-order chi connectivity index (χ1) is 10.0. The van der Waals surface area contributed by atoms with E-state index in [1.165, 1.54) is 12.1 Å². The van der Waals surface area contributed by atoms with Crippen molar-refractivity contribution in [3.63, 3.8) is 0 Å². The smallest absolute Gasteiger partial charge is 0.353 e. The summed E-state index contributed by atoms with van der Waals surface area (Å²) in [7, 11) is 0. The van der Waals surface area contributed by atoms with Crippen LogP contribution in [0.2, 0.25) is 0 Å². The highest BCUT2D eigenvalue weighted by Gasteiger charge is 2.26. The van der Waals surface area contributed by atoms with Crippen LogP contribution in [-0.2, 0) is 0 Å². The predicted octanol–water partition coefficient (Wildman–Crippen LogP) is 3.60. The second kappa shape index (κ2) is 7.98. The Bertz CT molecular complexity index is 537. The molecule has 1 rings (SSSR count). The van der Waals surface area contributed by atoms with Crippen molar-refractivity contribution in [2.75, 3.05) is 13.1 Å². The molecule has 0 N–H and O–H groups in total. The van der Waals surface area contributed by atoms with Gasteiger partial charge in [0.25, 0.3) is 0 Å². The van der Waals surface area contributed by atoms with Crippen LogP contribution < -0.4 is 0 Å². The first-order valence-corrected chi connectivity index (χ1v) is 6.85. The van der Waals surface area contributed by atoms with Gasteiger partial charge >= 0.3 is 11.4 Å². The van der Waals surface area contributed by atoms with E-state index in [1.807, 2.05) is 18.7 Å². The van der Waals surface area contributed by atoms with Crippen molar-refractivity contribution < 1.29 is 9.85 Å². The zero-order valence-electron chi connectivity index (χ0n) is 12.2. The lowest BCUT2D eigenvalue weighted by atomic mass is 10.1. The average Bonchev–Trinajstić information content (AvgIpc) is 2.44. The summed E-state index contributed by atoms with van der Waals surface area (Å²) in [4.78, 5) is 22.6. The van der Waals surface area contributed by atoms with E-state index < -0.39 is 21.2 Å². The van der Waals surface area contributed by atoms with Gasteiger partial charge in [-0.05, 0) is 31.2 Å². The van der Waals surface area contributed by atoms with Crippen molar-refractivity contribution in [1.82, 2.24) is 4.90 Å². The van der Waals surface area contributed by atoms with Crippen LogP contribution in [0.5, 0.6) is 0 Å². The molecule has 114 valence electrons. The fraction of sp³-hybridized carbons (Fsp3) is 0.429. The van der Waals surface area contributed by atoms with Crippen molar-refractivity contribution in [2.24, 2.45) is 0 Å². The number of nitro benzene ring substituents is 2. The molecule has 0 heterocycles. The van der Waals surface area contributed by atoms with Crippen molar-refractivity contribution in [2.45, 2.75) is 26.7 Å². The van der Waals surface area contributed by atoms with Gasteiger partial charge in [-0.1, -0.05) is 19.9 Å². The van der Waals surface area contributed by atoms with Crippen LogP contribution in [-0.4, -0.2) is 27.8 Å². The Morgan fingerprint density at radius 2 is 1.71 bits per heavy atom. The zero-order chi connectivity index (χ0) is 15.8. The van der Waals surface area contributed by atoms with E-state index in [2.05, 4.69) is 0 Å². The number of hydrogen-bond donors (Lipinski definition) is 0. The molecule has 0 amide bonds. The maximum absolute atomic E-state index is 11.1. The summed E-state index contributed by atoms with van der Waals surface area (Å²) in [6.07, 6.45) is 5.25. The van der Waals surface area contributed by atoms with Crippen LogP contribution in [0.4, 0.5) is 11.4 Å². The first-order valence-electron chi connectivity index (χ1n) is 6.85. The zero-order valence-corrected chi connectivity index (χ0v) is 12.2. The molecule has 1 aromatic rings. The molecule has 0 unspecified atom stereocenters. The van der Waals surface area contributed by atoms with E-state index in [9.17, 15) is 20.2 Å². The maximum atomic E-state index is 11.1. The number of nitro groups is 2. The molecule has 0 aromatic heterocycles. The number of hydrogen-bond acceptors (Lipinski definition) is 5. The summed E-state index contributed by atoms with van der Waals surface area (Å²) in [5, 5.41) is 22.0. The van der Waals surface area contributed by atoms with Crippen LogP contribution in [0.15, 0.2) is 24.4 Å². The van der Waals surface area contributed by atoms with Crippen LogP contribution in [0, 0.1) is 20.2 Å². The normalized spacial score (nSPS) is 10.8. The third-order valence-electron chi connectivity index (χ3n) is 2.91. The molecule has 0 aliphatic rings. The Morgan fingerprint density at radius 1 is 1.10 bits per heavy atom. The molecule has 0 fully saturated rings. The minimum absolute atomic E-state index is 0.242. The topological polar surface area (TPSA) is 89.5 Å². The van der Waals surface area contributed by atoms with E-state index in [4.69, 9.17) is 0 Å². The van der Waals surface area contributed by atoms with Gasteiger partial charge in [0, 0.05) is 19.2 Å². The monoisotopic (exact) mass is 293 g/mol. The van der Waals surface area contributed by atoms with Gasteiger partial charge in [-0.15, -0.1) is 0 Å². The number of para-hydroxylation sites is 1. The summed E-state index contributed by atoms with van der Waals surface area (Å²) in [6.45, 7) is 5.78. The van der Waals surface area contributed by atoms with E-state index in [1.54, 1.807) is 12.3 Å². The Balaban J connectivity index is 3.15. The summed E-state index contributed by atoms with van der Waals surface area (Å²) in [6, 6.07) is 4.11. The van der Waals surface area contributed by atoms with Gasteiger partial charge in [0.05, 0.1) is 15.4 Å². The molecule has 0 aliphatic carbocycles. The summed E-state index contributed by atoms with van der Waals surface area (Å²) in [5.74, 6) is 0. The highest BCUT2D eigenvalue weighted by atomic mass is 16.6. The Hall–Kier alpha value is -2.44. The summed E-state index contributed by atoms with van der Waals surface area (Å²) >= 11 is 0. The molecule has 7 nitrogen and oxygen atoms in total. The molecular formula is C14H19N3O4. The van der Waals surface area contributed by atoms with E-state index >= 15 is 0 Å². The van der Waals surface area contributed by atoms with E-state index in [-0.39, 0.29) is 5.56 Å². The maximum Gasteiger partial charge on any atom is 0.353 e. The van der Waals surface area contributed by atoms with Crippen molar-refractivity contribution in [1.29, 1.82) is 0 Å². The van der Waals surface area contributed by atoms with E-state index in [0.717, 1.165) is 32.0 Å². The second-order valence-electron chi connectivity index (χ2n) is 4.58. The van der Waals surface area contributed by atoms with Gasteiger partial charge in [-0.3, -0.25) is 20.2 Å².